The van der Waals surface area contributed by atoms with E-state index < -0.39 is 12.0 Å². The van der Waals surface area contributed by atoms with Crippen LogP contribution < -0.4 is 0 Å². The molecule has 2 aromatic rings. The van der Waals surface area contributed by atoms with Gasteiger partial charge in [-0.1, -0.05) is 12.8 Å². The highest BCUT2D eigenvalue weighted by Gasteiger charge is 2.48. The second-order valence-electron chi connectivity index (χ2n) is 6.52. The average Bonchev–Trinajstić information content (AvgIpc) is 3.27. The van der Waals surface area contributed by atoms with Gasteiger partial charge in [0.15, 0.2) is 10.8 Å². The molecule has 1 saturated carbocycles. The molecule has 2 fully saturated rings. The van der Waals surface area contributed by atoms with Crippen molar-refractivity contribution in [1.29, 1.82) is 0 Å². The first-order chi connectivity index (χ1) is 12.1. The molecule has 2 aromatic heterocycles. The molecule has 25 heavy (non-hydrogen) atoms. The first-order valence-corrected chi connectivity index (χ1v) is 9.31. The van der Waals surface area contributed by atoms with Gasteiger partial charge in [0.2, 0.25) is 0 Å². The van der Waals surface area contributed by atoms with Gasteiger partial charge in [-0.15, -0.1) is 11.3 Å². The van der Waals surface area contributed by atoms with Crippen LogP contribution in [0.25, 0.3) is 10.8 Å². The Kier molecular flexibility index (Phi) is 4.20. The molecule has 1 N–H and O–H groups in total. The van der Waals surface area contributed by atoms with Gasteiger partial charge in [-0.3, -0.25) is 4.79 Å². The Balaban J connectivity index is 1.63. The van der Waals surface area contributed by atoms with Crippen molar-refractivity contribution in [1.82, 2.24) is 19.9 Å². The SMILES string of the molecule is O=C(O)C1CC2CCCCC2N1C(=O)c1csc(-c2ncccn2)n1. The van der Waals surface area contributed by atoms with Crippen LogP contribution >= 0.6 is 11.3 Å². The van der Waals surface area contributed by atoms with Crippen LogP contribution in [-0.2, 0) is 4.79 Å². The number of likely N-dealkylation sites (tertiary alicyclic amines) is 1. The standard InChI is InChI=1S/C17H18N4O3S/c22-16(11-9-25-15(20-11)14-18-6-3-7-19-14)21-12-5-2-1-4-10(12)8-13(21)17(23)24/h3,6-7,9-10,12-13H,1-2,4-5,8H2,(H,23,24). The minimum atomic E-state index is -0.926. The van der Waals surface area contributed by atoms with Crippen LogP contribution in [0.3, 0.4) is 0 Å². The lowest BCUT2D eigenvalue weighted by Gasteiger charge is -2.32. The van der Waals surface area contributed by atoms with Crippen molar-refractivity contribution in [2.45, 2.75) is 44.2 Å². The Labute approximate surface area is 148 Å². The third kappa shape index (κ3) is 2.90. The van der Waals surface area contributed by atoms with Gasteiger partial charge in [-0.2, -0.15) is 0 Å². The van der Waals surface area contributed by atoms with E-state index in [1.807, 2.05) is 0 Å². The number of hydrogen-bond donors (Lipinski definition) is 1. The van der Waals surface area contributed by atoms with E-state index >= 15 is 0 Å². The maximum atomic E-state index is 13.0. The Hall–Kier alpha value is -2.35. The Morgan fingerprint density at radius 3 is 2.72 bits per heavy atom. The van der Waals surface area contributed by atoms with Gasteiger partial charge >= 0.3 is 5.97 Å². The molecule has 130 valence electrons. The molecule has 1 aliphatic heterocycles. The number of carbonyl (C=O) groups is 2. The van der Waals surface area contributed by atoms with Crippen molar-refractivity contribution in [3.63, 3.8) is 0 Å². The Morgan fingerprint density at radius 1 is 1.20 bits per heavy atom. The molecule has 1 aliphatic carbocycles. The van der Waals surface area contributed by atoms with Crippen LogP contribution in [0.1, 0.15) is 42.6 Å². The predicted octanol–water partition coefficient (Wildman–Crippen LogP) is 2.46. The fraction of sp³-hybridized carbons (Fsp3) is 0.471. The first-order valence-electron chi connectivity index (χ1n) is 8.43. The number of amides is 1. The van der Waals surface area contributed by atoms with Crippen molar-refractivity contribution in [2.24, 2.45) is 5.92 Å². The van der Waals surface area contributed by atoms with Crippen molar-refractivity contribution < 1.29 is 14.7 Å². The number of hydrogen-bond acceptors (Lipinski definition) is 6. The summed E-state index contributed by atoms with van der Waals surface area (Å²) in [6, 6.07) is 0.979. The topological polar surface area (TPSA) is 96.3 Å². The number of thiazole rings is 1. The van der Waals surface area contributed by atoms with Gasteiger partial charge in [0.1, 0.15) is 11.7 Å². The second kappa shape index (κ2) is 6.51. The molecule has 1 saturated heterocycles. The molecule has 3 unspecified atom stereocenters. The molecule has 4 rings (SSSR count). The minimum absolute atomic E-state index is 0.0143. The molecule has 0 radical (unpaired) electrons. The van der Waals surface area contributed by atoms with E-state index in [1.165, 1.54) is 11.3 Å². The van der Waals surface area contributed by atoms with Gasteiger partial charge in [0.25, 0.3) is 5.91 Å². The van der Waals surface area contributed by atoms with Crippen LogP contribution in [0.2, 0.25) is 0 Å². The van der Waals surface area contributed by atoms with Gasteiger partial charge in [-0.05, 0) is 31.2 Å². The van der Waals surface area contributed by atoms with Crippen molar-refractivity contribution in [2.75, 3.05) is 0 Å². The molecule has 0 bridgehead atoms. The van der Waals surface area contributed by atoms with E-state index in [2.05, 4.69) is 15.0 Å². The van der Waals surface area contributed by atoms with Crippen LogP contribution in [0, 0.1) is 5.92 Å². The zero-order chi connectivity index (χ0) is 17.4. The van der Waals surface area contributed by atoms with Gasteiger partial charge in [0.05, 0.1) is 0 Å². The largest absolute Gasteiger partial charge is 0.480 e. The quantitative estimate of drug-likeness (QED) is 0.905. The molecule has 3 atom stereocenters. The lowest BCUT2D eigenvalue weighted by molar-refractivity contribution is -0.141. The smallest absolute Gasteiger partial charge is 0.326 e. The van der Waals surface area contributed by atoms with Gasteiger partial charge < -0.3 is 10.0 Å². The summed E-state index contributed by atoms with van der Waals surface area (Å²) in [7, 11) is 0. The molecular weight excluding hydrogens is 340 g/mol. The maximum absolute atomic E-state index is 13.0. The lowest BCUT2D eigenvalue weighted by atomic mass is 9.84. The van der Waals surface area contributed by atoms with Crippen LogP contribution in [-0.4, -0.2) is 48.9 Å². The highest BCUT2D eigenvalue weighted by molar-refractivity contribution is 7.13. The first kappa shape index (κ1) is 16.1. The number of aromatic nitrogens is 3. The third-order valence-electron chi connectivity index (χ3n) is 5.09. The van der Waals surface area contributed by atoms with Crippen LogP contribution in [0.5, 0.6) is 0 Å². The van der Waals surface area contributed by atoms with Gasteiger partial charge in [-0.25, -0.2) is 19.7 Å². The third-order valence-corrected chi connectivity index (χ3v) is 5.93. The van der Waals surface area contributed by atoms with Crippen LogP contribution in [0.15, 0.2) is 23.8 Å². The minimum Gasteiger partial charge on any atom is -0.480 e. The van der Waals surface area contributed by atoms with E-state index in [0.29, 0.717) is 17.3 Å². The number of nitrogens with zero attached hydrogens (tertiary/aromatic N) is 4. The summed E-state index contributed by atoms with van der Waals surface area (Å²) in [5.74, 6) is -0.461. The number of carbonyl (C=O) groups excluding carboxylic acids is 1. The van der Waals surface area contributed by atoms with E-state index in [-0.39, 0.29) is 23.6 Å². The molecule has 2 aliphatic rings. The van der Waals surface area contributed by atoms with E-state index in [0.717, 1.165) is 25.7 Å². The lowest BCUT2D eigenvalue weighted by Crippen LogP contribution is -2.46. The van der Waals surface area contributed by atoms with Crippen molar-refractivity contribution >= 4 is 23.2 Å². The number of fused-ring (bicyclic) bond motifs is 1. The molecule has 8 heteroatoms. The number of carboxylic acid groups (broad SMARTS) is 1. The normalized spacial score (nSPS) is 25.6. The monoisotopic (exact) mass is 358 g/mol. The van der Waals surface area contributed by atoms with Crippen LogP contribution in [0.4, 0.5) is 0 Å². The highest BCUT2D eigenvalue weighted by Crippen LogP contribution is 2.40. The summed E-state index contributed by atoms with van der Waals surface area (Å²) in [4.78, 5) is 38.9. The average molecular weight is 358 g/mol. The summed E-state index contributed by atoms with van der Waals surface area (Å²) < 4.78 is 0. The highest BCUT2D eigenvalue weighted by atomic mass is 32.1. The zero-order valence-electron chi connectivity index (χ0n) is 13.5. The van der Waals surface area contributed by atoms with Crippen molar-refractivity contribution in [3.05, 3.63) is 29.5 Å². The van der Waals surface area contributed by atoms with E-state index in [4.69, 9.17) is 0 Å². The summed E-state index contributed by atoms with van der Waals surface area (Å²) in [5, 5.41) is 11.8. The number of rotatable bonds is 3. The molecular formula is C17H18N4O3S. The van der Waals surface area contributed by atoms with Gasteiger partial charge in [0, 0.05) is 23.8 Å². The van der Waals surface area contributed by atoms with Crippen molar-refractivity contribution in [3.8, 4) is 10.8 Å². The fourth-order valence-electron chi connectivity index (χ4n) is 3.99. The summed E-state index contributed by atoms with van der Waals surface area (Å²) in [6.45, 7) is 0. The number of aliphatic carboxylic acids is 1. The summed E-state index contributed by atoms with van der Waals surface area (Å²) in [5.41, 5.74) is 0.282. The fourth-order valence-corrected chi connectivity index (χ4v) is 4.73. The zero-order valence-corrected chi connectivity index (χ0v) is 14.4. The van der Waals surface area contributed by atoms with E-state index in [9.17, 15) is 14.7 Å². The van der Waals surface area contributed by atoms with E-state index in [1.54, 1.807) is 28.7 Å². The summed E-state index contributed by atoms with van der Waals surface area (Å²) in [6.07, 6.45) is 7.82. The Morgan fingerprint density at radius 2 is 1.96 bits per heavy atom. The molecule has 7 nitrogen and oxygen atoms in total. The predicted molar refractivity (Wildman–Crippen MR) is 91.1 cm³/mol. The molecule has 0 aromatic carbocycles. The molecule has 3 heterocycles. The number of carboxylic acids is 1. The summed E-state index contributed by atoms with van der Waals surface area (Å²) >= 11 is 1.30. The molecule has 0 spiro atoms. The second-order valence-corrected chi connectivity index (χ2v) is 7.38. The molecule has 1 amide bonds. The Bertz CT molecular complexity index is 794. The maximum Gasteiger partial charge on any atom is 0.326 e.